The molecular weight excluding hydrogens is 80.0 g/mol. The maximum atomic E-state index is 4.71. The normalized spacial score (nSPS) is 18.7. The summed E-state index contributed by atoms with van der Waals surface area (Å²) in [5, 5.41) is 0. The first-order valence-corrected chi connectivity index (χ1v) is 1.74. The fourth-order valence-corrected chi connectivity index (χ4v) is 0.261. The smallest absolute Gasteiger partial charge is 0.172 e. The topological polar surface area (TPSA) is 18.5 Å². The van der Waals surface area contributed by atoms with Crippen molar-refractivity contribution in [2.45, 2.75) is 0 Å². The molecule has 1 rings (SSSR count). The molecule has 1 radical (unpaired) electrons. The summed E-state index contributed by atoms with van der Waals surface area (Å²) in [7, 11) is 0. The summed E-state index contributed by atoms with van der Waals surface area (Å²) in [4.78, 5) is 0. The Morgan fingerprint density at radius 3 is 2.50 bits per heavy atom. The van der Waals surface area contributed by atoms with E-state index in [9.17, 15) is 0 Å². The lowest BCUT2D eigenvalue weighted by Crippen LogP contribution is -1.94. The van der Waals surface area contributed by atoms with E-state index in [0.717, 1.165) is 0 Å². The van der Waals surface area contributed by atoms with Crippen molar-refractivity contribution >= 4 is 0 Å². The van der Waals surface area contributed by atoms with Gasteiger partial charge >= 0.3 is 0 Å². The Bertz CT molecular complexity index is 50.6. The molecule has 0 fully saturated rings. The van der Waals surface area contributed by atoms with Crippen molar-refractivity contribution < 1.29 is 9.47 Å². The molecule has 6 heavy (non-hydrogen) atoms. The average Bonchev–Trinajstić information content (AvgIpc) is 1.72. The van der Waals surface area contributed by atoms with Crippen LogP contribution >= 0.6 is 0 Å². The summed E-state index contributed by atoms with van der Waals surface area (Å²) >= 11 is 0. The van der Waals surface area contributed by atoms with Crippen molar-refractivity contribution in [3.05, 3.63) is 19.1 Å². The van der Waals surface area contributed by atoms with Crippen LogP contribution in [0.4, 0.5) is 0 Å². The third kappa shape index (κ3) is 0.641. The molecule has 0 amide bonds. The van der Waals surface area contributed by atoms with Gasteiger partial charge in [0.25, 0.3) is 0 Å². The predicted molar refractivity (Wildman–Crippen MR) is 20.5 cm³/mol. The zero-order chi connectivity index (χ0) is 4.24. The molecule has 0 spiro atoms. The summed E-state index contributed by atoms with van der Waals surface area (Å²) in [6.45, 7) is 2.15. The monoisotopic (exact) mass is 85.0 g/mol. The van der Waals surface area contributed by atoms with E-state index < -0.39 is 0 Å². The van der Waals surface area contributed by atoms with E-state index >= 15 is 0 Å². The van der Waals surface area contributed by atoms with Crippen LogP contribution in [-0.2, 0) is 9.47 Å². The molecular formula is C4H5O2. The lowest BCUT2D eigenvalue weighted by Gasteiger charge is -2.03. The lowest BCUT2D eigenvalue weighted by molar-refractivity contribution is 0.157. The van der Waals surface area contributed by atoms with Gasteiger partial charge in [-0.05, 0) is 0 Å². The van der Waals surface area contributed by atoms with Gasteiger partial charge in [-0.1, -0.05) is 0 Å². The van der Waals surface area contributed by atoms with Gasteiger partial charge in [0.2, 0.25) is 0 Å². The highest BCUT2D eigenvalue weighted by molar-refractivity contribution is 4.70. The number of hydrogen-bond donors (Lipinski definition) is 0. The van der Waals surface area contributed by atoms with Gasteiger partial charge in [-0.2, -0.15) is 0 Å². The maximum absolute atomic E-state index is 4.71. The molecule has 1 aliphatic heterocycles. The minimum absolute atomic E-state index is 0.566. The second-order valence-electron chi connectivity index (χ2n) is 0.908. The molecule has 0 bridgehead atoms. The highest BCUT2D eigenvalue weighted by Crippen LogP contribution is 1.92. The molecule has 0 saturated carbocycles. The van der Waals surface area contributed by atoms with Crippen molar-refractivity contribution in [1.82, 2.24) is 0 Å². The minimum atomic E-state index is 0.566. The van der Waals surface area contributed by atoms with Crippen molar-refractivity contribution in [2.75, 3.05) is 6.61 Å². The minimum Gasteiger partial charge on any atom is -0.494 e. The van der Waals surface area contributed by atoms with Crippen molar-refractivity contribution in [1.29, 1.82) is 0 Å². The SMILES string of the molecule is [CH]1COC=CO1. The zero-order valence-corrected chi connectivity index (χ0v) is 3.26. The van der Waals surface area contributed by atoms with E-state index in [-0.39, 0.29) is 0 Å². The number of hydrogen-bond acceptors (Lipinski definition) is 2. The lowest BCUT2D eigenvalue weighted by atomic mass is 10.7. The molecule has 0 atom stereocenters. The summed E-state index contributed by atoms with van der Waals surface area (Å²) in [6.07, 6.45) is 3.00. The number of rotatable bonds is 0. The predicted octanol–water partition coefficient (Wildman–Crippen LogP) is 0.666. The van der Waals surface area contributed by atoms with Gasteiger partial charge in [0.1, 0.15) is 19.1 Å². The molecule has 1 heterocycles. The van der Waals surface area contributed by atoms with Crippen molar-refractivity contribution in [2.24, 2.45) is 0 Å². The second kappa shape index (κ2) is 1.70. The van der Waals surface area contributed by atoms with E-state index in [4.69, 9.17) is 4.74 Å². The fraction of sp³-hybridized carbons (Fsp3) is 0.250. The average molecular weight is 85.1 g/mol. The second-order valence-corrected chi connectivity index (χ2v) is 0.908. The van der Waals surface area contributed by atoms with Gasteiger partial charge in [-0.25, -0.2) is 0 Å². The van der Waals surface area contributed by atoms with E-state index in [1.54, 1.807) is 6.61 Å². The Balaban J connectivity index is 2.26. The van der Waals surface area contributed by atoms with Gasteiger partial charge in [0.05, 0.1) is 0 Å². The first-order valence-electron chi connectivity index (χ1n) is 1.74. The van der Waals surface area contributed by atoms with Crippen LogP contribution in [0.25, 0.3) is 0 Å². The third-order valence-electron chi connectivity index (χ3n) is 0.491. The van der Waals surface area contributed by atoms with Crippen LogP contribution < -0.4 is 0 Å². The first-order chi connectivity index (χ1) is 3.00. The molecule has 0 aromatic rings. The maximum Gasteiger partial charge on any atom is 0.172 e. The van der Waals surface area contributed by atoms with E-state index in [2.05, 4.69) is 4.74 Å². The molecule has 0 aromatic carbocycles. The standard InChI is InChI=1S/C4H5O2/c1-2-6-4-3-5-1/h1-3H,4H2. The Labute approximate surface area is 36.4 Å². The van der Waals surface area contributed by atoms with E-state index in [1.807, 2.05) is 0 Å². The Morgan fingerprint density at radius 2 is 2.33 bits per heavy atom. The molecule has 2 heteroatoms. The quantitative estimate of drug-likeness (QED) is 0.430. The van der Waals surface area contributed by atoms with Gasteiger partial charge < -0.3 is 9.47 Å². The Morgan fingerprint density at radius 1 is 1.33 bits per heavy atom. The van der Waals surface area contributed by atoms with Crippen LogP contribution in [0, 0.1) is 6.61 Å². The van der Waals surface area contributed by atoms with Gasteiger partial charge in [-0.15, -0.1) is 0 Å². The van der Waals surface area contributed by atoms with Crippen LogP contribution in [0.15, 0.2) is 12.5 Å². The Hall–Kier alpha value is -0.660. The molecule has 0 N–H and O–H groups in total. The summed E-state index contributed by atoms with van der Waals surface area (Å²) in [5.41, 5.74) is 0. The highest BCUT2D eigenvalue weighted by atomic mass is 16.5. The van der Waals surface area contributed by atoms with Crippen LogP contribution in [0.2, 0.25) is 0 Å². The summed E-state index contributed by atoms with van der Waals surface area (Å²) < 4.78 is 9.35. The zero-order valence-electron chi connectivity index (χ0n) is 3.26. The largest absolute Gasteiger partial charge is 0.494 e. The molecule has 0 aliphatic carbocycles. The molecule has 1 aliphatic rings. The van der Waals surface area contributed by atoms with Gasteiger partial charge in [-0.3, -0.25) is 0 Å². The van der Waals surface area contributed by atoms with Crippen molar-refractivity contribution in [3.63, 3.8) is 0 Å². The van der Waals surface area contributed by atoms with Crippen LogP contribution in [-0.4, -0.2) is 6.61 Å². The highest BCUT2D eigenvalue weighted by Gasteiger charge is 1.87. The summed E-state index contributed by atoms with van der Waals surface area (Å²) in [6, 6.07) is 0. The van der Waals surface area contributed by atoms with Gasteiger partial charge in [0.15, 0.2) is 6.61 Å². The van der Waals surface area contributed by atoms with Crippen molar-refractivity contribution in [3.8, 4) is 0 Å². The Kier molecular flexibility index (Phi) is 0.998. The van der Waals surface area contributed by atoms with E-state index in [1.165, 1.54) is 12.5 Å². The van der Waals surface area contributed by atoms with Crippen LogP contribution in [0.5, 0.6) is 0 Å². The van der Waals surface area contributed by atoms with E-state index in [0.29, 0.717) is 6.61 Å². The fourth-order valence-electron chi connectivity index (χ4n) is 0.261. The summed E-state index contributed by atoms with van der Waals surface area (Å²) in [5.74, 6) is 0. The van der Waals surface area contributed by atoms with Crippen LogP contribution in [0.3, 0.4) is 0 Å². The molecule has 0 aromatic heterocycles. The molecule has 33 valence electrons. The molecule has 0 unspecified atom stereocenters. The molecule has 2 nitrogen and oxygen atoms in total. The molecule has 0 saturated heterocycles. The van der Waals surface area contributed by atoms with Crippen LogP contribution in [0.1, 0.15) is 0 Å². The third-order valence-corrected chi connectivity index (χ3v) is 0.491. The van der Waals surface area contributed by atoms with Gasteiger partial charge in [0, 0.05) is 0 Å². The first kappa shape index (κ1) is 3.53. The number of ether oxygens (including phenoxy) is 2.